The number of pyridine rings is 2. The van der Waals surface area contributed by atoms with Crippen LogP contribution >= 0.6 is 0 Å². The van der Waals surface area contributed by atoms with Crippen molar-refractivity contribution in [2.45, 2.75) is 65.3 Å². The minimum atomic E-state index is -0.417. The van der Waals surface area contributed by atoms with Crippen molar-refractivity contribution in [2.75, 3.05) is 54.4 Å². The summed E-state index contributed by atoms with van der Waals surface area (Å²) < 4.78 is 5.23. The molecule has 0 aliphatic carbocycles. The second kappa shape index (κ2) is 17.5. The molecule has 0 radical (unpaired) electrons. The number of fused-ring (bicyclic) bond motifs is 1. The maximum Gasteiger partial charge on any atom is 0.328 e. The molecule has 8 rings (SSSR count). The molecule has 6 aromatic rings. The molecule has 5 aromatic heterocycles. The third kappa shape index (κ3) is 9.36. The molecule has 1 aromatic carbocycles. The lowest BCUT2D eigenvalue weighted by Crippen LogP contribution is -2.49. The van der Waals surface area contributed by atoms with Gasteiger partial charge in [-0.05, 0) is 86.7 Å². The zero-order valence-corrected chi connectivity index (χ0v) is 35.1. The number of aromatic amines is 1. The number of H-pyrrole nitrogens is 1. The molecule has 2 aliphatic rings. The minimum absolute atomic E-state index is 0.0552. The van der Waals surface area contributed by atoms with Gasteiger partial charge in [-0.15, -0.1) is 0 Å². The Morgan fingerprint density at radius 2 is 1.77 bits per heavy atom. The third-order valence-electron chi connectivity index (χ3n) is 11.2. The highest BCUT2D eigenvalue weighted by molar-refractivity contribution is 6.05. The standard InChI is InChI=1S/C44H51N13O4/c1-26-20-29(6-9-32(26)27(2)51-40(59)41-54-42(55-61-41)44(3,4)5)38-33-21-34(52-39(33)50-25-49-38)30-7-10-35(47-23-30)46-16-15-45-22-28-12-17-56(18-13-28)36-11-8-31(24-48-36)57-19-14-37(58)53-43(57)60/h6-11,20-21,23-25,27-28,45H,12-19,22H2,1-5H3,(H,46,47)(H,51,59)(H,49,50,52)(H,53,58,60)/t27-/m1/s1. The highest BCUT2D eigenvalue weighted by atomic mass is 16.5. The number of carbonyl (C=O) groups is 3. The number of benzene rings is 1. The number of urea groups is 1. The Morgan fingerprint density at radius 3 is 2.48 bits per heavy atom. The first-order valence-electron chi connectivity index (χ1n) is 20.7. The monoisotopic (exact) mass is 825 g/mol. The number of rotatable bonds is 13. The predicted molar refractivity (Wildman–Crippen MR) is 232 cm³/mol. The average Bonchev–Trinajstić information content (AvgIpc) is 3.94. The van der Waals surface area contributed by atoms with Gasteiger partial charge in [0.1, 0.15) is 23.6 Å². The first kappa shape index (κ1) is 41.0. The Bertz CT molecular complexity index is 2520. The number of nitrogens with zero attached hydrogens (tertiary/aromatic N) is 8. The topological polar surface area (TPSA) is 212 Å². The van der Waals surface area contributed by atoms with Gasteiger partial charge in [-0.1, -0.05) is 38.1 Å². The number of hydrogen-bond acceptors (Lipinski definition) is 13. The lowest BCUT2D eigenvalue weighted by atomic mass is 9.96. The molecule has 0 saturated carbocycles. The number of aromatic nitrogens is 7. The number of amides is 4. The molecule has 0 spiro atoms. The van der Waals surface area contributed by atoms with Crippen LogP contribution in [0.4, 0.5) is 22.1 Å². The van der Waals surface area contributed by atoms with Gasteiger partial charge >= 0.3 is 17.8 Å². The van der Waals surface area contributed by atoms with Gasteiger partial charge in [-0.2, -0.15) is 4.98 Å². The zero-order chi connectivity index (χ0) is 42.7. The number of aryl methyl sites for hydroxylation is 1. The summed E-state index contributed by atoms with van der Waals surface area (Å²) in [6, 6.07) is 15.3. The molecule has 0 unspecified atom stereocenters. The Labute approximate surface area is 353 Å². The molecule has 7 heterocycles. The lowest BCUT2D eigenvalue weighted by molar-refractivity contribution is -0.120. The quantitative estimate of drug-likeness (QED) is 0.0857. The number of imide groups is 1. The molecule has 2 aliphatic heterocycles. The van der Waals surface area contributed by atoms with E-state index in [1.807, 2.05) is 77.2 Å². The Morgan fingerprint density at radius 1 is 0.951 bits per heavy atom. The van der Waals surface area contributed by atoms with Crippen LogP contribution in [-0.2, 0) is 10.2 Å². The molecular weight excluding hydrogens is 775 g/mol. The van der Waals surface area contributed by atoms with E-state index in [-0.39, 0.29) is 29.7 Å². The van der Waals surface area contributed by atoms with E-state index < -0.39 is 11.9 Å². The number of anilines is 3. The first-order chi connectivity index (χ1) is 29.4. The number of piperidine rings is 1. The van der Waals surface area contributed by atoms with E-state index >= 15 is 0 Å². The van der Waals surface area contributed by atoms with Gasteiger partial charge in [-0.3, -0.25) is 19.8 Å². The van der Waals surface area contributed by atoms with E-state index in [9.17, 15) is 14.4 Å². The molecule has 1 atom stereocenters. The predicted octanol–water partition coefficient (Wildman–Crippen LogP) is 5.93. The van der Waals surface area contributed by atoms with Crippen LogP contribution in [0, 0.1) is 12.8 Å². The maximum atomic E-state index is 12.9. The zero-order valence-electron chi connectivity index (χ0n) is 35.1. The molecule has 316 valence electrons. The van der Waals surface area contributed by atoms with Gasteiger partial charge in [-0.25, -0.2) is 24.7 Å². The summed E-state index contributed by atoms with van der Waals surface area (Å²) in [4.78, 5) is 66.5. The van der Waals surface area contributed by atoms with E-state index in [2.05, 4.69) is 73.4 Å². The van der Waals surface area contributed by atoms with Crippen LogP contribution in [0.1, 0.15) is 80.6 Å². The maximum absolute atomic E-state index is 12.9. The normalized spacial score (nSPS) is 15.6. The minimum Gasteiger partial charge on any atom is -0.369 e. The van der Waals surface area contributed by atoms with Gasteiger partial charge in [0, 0.05) is 73.0 Å². The fourth-order valence-electron chi connectivity index (χ4n) is 7.74. The molecule has 4 amide bonds. The summed E-state index contributed by atoms with van der Waals surface area (Å²) in [5.41, 5.74) is 6.63. The van der Waals surface area contributed by atoms with Gasteiger partial charge in [0.25, 0.3) is 0 Å². The second-order valence-electron chi connectivity index (χ2n) is 16.7. The van der Waals surface area contributed by atoms with Gasteiger partial charge < -0.3 is 30.4 Å². The fourth-order valence-corrected chi connectivity index (χ4v) is 7.74. The van der Waals surface area contributed by atoms with E-state index in [0.29, 0.717) is 24.0 Å². The van der Waals surface area contributed by atoms with Gasteiger partial charge in [0.05, 0.1) is 23.6 Å². The van der Waals surface area contributed by atoms with E-state index in [0.717, 1.165) is 102 Å². The lowest BCUT2D eigenvalue weighted by Gasteiger charge is -2.33. The largest absolute Gasteiger partial charge is 0.369 e. The van der Waals surface area contributed by atoms with E-state index in [4.69, 9.17) is 4.52 Å². The second-order valence-corrected chi connectivity index (χ2v) is 16.7. The fraction of sp³-hybridized carbons (Fsp3) is 0.386. The van der Waals surface area contributed by atoms with Crippen LogP contribution in [0.5, 0.6) is 0 Å². The summed E-state index contributed by atoms with van der Waals surface area (Å²) in [6.07, 6.45) is 7.55. The Kier molecular flexibility index (Phi) is 11.7. The Balaban J connectivity index is 0.796. The summed E-state index contributed by atoms with van der Waals surface area (Å²) in [5, 5.41) is 17.2. The summed E-state index contributed by atoms with van der Waals surface area (Å²) >= 11 is 0. The average molecular weight is 826 g/mol. The smallest absolute Gasteiger partial charge is 0.328 e. The Hall–Kier alpha value is -6.75. The van der Waals surface area contributed by atoms with Crippen molar-refractivity contribution in [2.24, 2.45) is 5.92 Å². The van der Waals surface area contributed by atoms with Crippen LogP contribution in [0.25, 0.3) is 33.5 Å². The number of hydrogen-bond donors (Lipinski definition) is 5. The van der Waals surface area contributed by atoms with Crippen molar-refractivity contribution in [3.8, 4) is 22.5 Å². The van der Waals surface area contributed by atoms with Crippen LogP contribution in [0.3, 0.4) is 0 Å². The summed E-state index contributed by atoms with van der Waals surface area (Å²) in [6.45, 7) is 14.6. The third-order valence-corrected chi connectivity index (χ3v) is 11.2. The molecule has 0 bridgehead atoms. The van der Waals surface area contributed by atoms with Crippen LogP contribution in [0.15, 0.2) is 71.8 Å². The van der Waals surface area contributed by atoms with Crippen molar-refractivity contribution >= 4 is 46.2 Å². The van der Waals surface area contributed by atoms with Crippen molar-refractivity contribution < 1.29 is 18.9 Å². The van der Waals surface area contributed by atoms with Crippen molar-refractivity contribution in [3.63, 3.8) is 0 Å². The number of nitrogens with one attached hydrogen (secondary N) is 5. The van der Waals surface area contributed by atoms with Crippen LogP contribution in [0.2, 0.25) is 0 Å². The van der Waals surface area contributed by atoms with Crippen molar-refractivity contribution in [1.29, 1.82) is 0 Å². The van der Waals surface area contributed by atoms with Crippen LogP contribution in [-0.4, -0.2) is 92.2 Å². The highest BCUT2D eigenvalue weighted by Crippen LogP contribution is 2.32. The first-order valence-corrected chi connectivity index (χ1v) is 20.7. The highest BCUT2D eigenvalue weighted by Gasteiger charge is 2.27. The van der Waals surface area contributed by atoms with E-state index in [1.54, 1.807) is 17.4 Å². The molecule has 17 heteroatoms. The van der Waals surface area contributed by atoms with Gasteiger partial charge in [0.15, 0.2) is 5.82 Å². The molecule has 61 heavy (non-hydrogen) atoms. The van der Waals surface area contributed by atoms with E-state index in [1.165, 1.54) is 0 Å². The summed E-state index contributed by atoms with van der Waals surface area (Å²) in [5.74, 6) is 2.05. The number of carbonyl (C=O) groups excluding carboxylic acids is 3. The van der Waals surface area contributed by atoms with Crippen LogP contribution < -0.4 is 31.1 Å². The molecule has 17 nitrogen and oxygen atoms in total. The summed E-state index contributed by atoms with van der Waals surface area (Å²) in [7, 11) is 0. The molecular formula is C44H51N13O4. The SMILES string of the molecule is Cc1cc(-c2ncnc3[nH]c(-c4ccc(NCCNCC5CCN(c6ccc(N7CCC(=O)NC7=O)cn6)CC5)nc4)cc23)ccc1[C@@H](C)NC(=O)c1nc(C(C)(C)C)no1. The van der Waals surface area contributed by atoms with Crippen molar-refractivity contribution in [3.05, 3.63) is 90.1 Å². The van der Waals surface area contributed by atoms with Crippen molar-refractivity contribution in [1.82, 2.24) is 51.0 Å². The molecule has 2 saturated heterocycles. The molecule has 5 N–H and O–H groups in total. The molecule has 2 fully saturated rings. The van der Waals surface area contributed by atoms with Gasteiger partial charge in [0.2, 0.25) is 5.91 Å².